The molecule has 1 fully saturated rings. The summed E-state index contributed by atoms with van der Waals surface area (Å²) in [7, 11) is 1.38. The number of benzene rings is 1. The van der Waals surface area contributed by atoms with E-state index >= 15 is 0 Å². The summed E-state index contributed by atoms with van der Waals surface area (Å²) in [6.45, 7) is 2.92. The smallest absolute Gasteiger partial charge is 0.321 e. The number of pyridine rings is 1. The van der Waals surface area contributed by atoms with Crippen LogP contribution in [0.3, 0.4) is 0 Å². The second kappa shape index (κ2) is 8.16. The number of esters is 1. The zero-order valence-electron chi connectivity index (χ0n) is 15.4. The average Bonchev–Trinajstić information content (AvgIpc) is 2.69. The topological polar surface area (TPSA) is 71.5 Å². The van der Waals surface area contributed by atoms with Crippen molar-refractivity contribution >= 4 is 17.7 Å². The number of carbonyl (C=O) groups is 2. The summed E-state index contributed by atoms with van der Waals surface area (Å²) < 4.78 is 18.2. The molecule has 2 aromatic rings. The second-order valence-electron chi connectivity index (χ2n) is 6.64. The Hall–Kier alpha value is -2.96. The lowest BCUT2D eigenvalue weighted by Gasteiger charge is -2.30. The van der Waals surface area contributed by atoms with Crippen LogP contribution in [-0.2, 0) is 9.53 Å². The van der Waals surface area contributed by atoms with Crippen LogP contribution in [-0.4, -0.2) is 42.1 Å². The maximum absolute atomic E-state index is 13.5. The zero-order valence-corrected chi connectivity index (χ0v) is 15.4. The van der Waals surface area contributed by atoms with Crippen molar-refractivity contribution in [3.05, 3.63) is 48.0 Å². The number of likely N-dealkylation sites (tertiary alicyclic amines) is 1. The molecule has 1 aromatic heterocycles. The van der Waals surface area contributed by atoms with Crippen molar-refractivity contribution in [2.24, 2.45) is 5.92 Å². The third-order valence-electron chi connectivity index (χ3n) is 4.82. The lowest BCUT2D eigenvalue weighted by Crippen LogP contribution is -2.42. The van der Waals surface area contributed by atoms with E-state index in [-0.39, 0.29) is 17.9 Å². The number of nitrogens with zero attached hydrogens (tertiary/aromatic N) is 2. The third-order valence-corrected chi connectivity index (χ3v) is 4.82. The highest BCUT2D eigenvalue weighted by Crippen LogP contribution is 2.27. The molecule has 0 aliphatic carbocycles. The van der Waals surface area contributed by atoms with Crippen molar-refractivity contribution in [2.75, 3.05) is 25.5 Å². The standard InChI is InChI=1S/C20H22FN3O3/c1-13-3-4-17(10-18(13)15-9-16(21)12-22-11-15)23-20(26)24-7-5-14(6-8-24)19(25)27-2/h3-4,9-12,14H,5-8H2,1-2H3,(H,23,26). The highest BCUT2D eigenvalue weighted by atomic mass is 19.1. The number of halogens is 1. The van der Waals surface area contributed by atoms with E-state index in [1.807, 2.05) is 25.1 Å². The van der Waals surface area contributed by atoms with E-state index in [1.165, 1.54) is 13.2 Å². The number of urea groups is 1. The molecule has 0 bridgehead atoms. The minimum Gasteiger partial charge on any atom is -0.469 e. The molecule has 2 amide bonds. The molecule has 0 radical (unpaired) electrons. The van der Waals surface area contributed by atoms with Gasteiger partial charge >= 0.3 is 12.0 Å². The maximum Gasteiger partial charge on any atom is 0.321 e. The highest BCUT2D eigenvalue weighted by molar-refractivity contribution is 5.90. The van der Waals surface area contributed by atoms with Gasteiger partial charge in [-0.2, -0.15) is 0 Å². The molecule has 27 heavy (non-hydrogen) atoms. The van der Waals surface area contributed by atoms with Gasteiger partial charge in [-0.1, -0.05) is 6.07 Å². The molecule has 0 atom stereocenters. The number of hydrogen-bond acceptors (Lipinski definition) is 4. The molecule has 142 valence electrons. The Balaban J connectivity index is 1.68. The van der Waals surface area contributed by atoms with Crippen LogP contribution in [0, 0.1) is 18.7 Å². The Morgan fingerprint density at radius 1 is 1.22 bits per heavy atom. The summed E-state index contributed by atoms with van der Waals surface area (Å²) in [6.07, 6.45) is 3.93. The SMILES string of the molecule is COC(=O)C1CCN(C(=O)Nc2ccc(C)c(-c3cncc(F)c3)c2)CC1. The van der Waals surface area contributed by atoms with Crippen molar-refractivity contribution in [1.82, 2.24) is 9.88 Å². The summed E-state index contributed by atoms with van der Waals surface area (Å²) in [4.78, 5) is 29.7. The second-order valence-corrected chi connectivity index (χ2v) is 6.64. The van der Waals surface area contributed by atoms with Gasteiger partial charge in [-0.05, 0) is 49.1 Å². The Morgan fingerprint density at radius 3 is 2.63 bits per heavy atom. The van der Waals surface area contributed by atoms with Crippen molar-refractivity contribution in [1.29, 1.82) is 0 Å². The number of carbonyl (C=O) groups excluding carboxylic acids is 2. The first-order chi connectivity index (χ1) is 13.0. The first kappa shape index (κ1) is 18.8. The fourth-order valence-electron chi connectivity index (χ4n) is 3.26. The van der Waals surface area contributed by atoms with E-state index in [1.54, 1.807) is 11.1 Å². The van der Waals surface area contributed by atoms with E-state index in [0.29, 0.717) is 37.2 Å². The largest absolute Gasteiger partial charge is 0.469 e. The Kier molecular flexibility index (Phi) is 5.69. The number of nitrogens with one attached hydrogen (secondary N) is 1. The monoisotopic (exact) mass is 371 g/mol. The number of anilines is 1. The van der Waals surface area contributed by atoms with Crippen LogP contribution in [0.25, 0.3) is 11.1 Å². The third kappa shape index (κ3) is 4.42. The van der Waals surface area contributed by atoms with E-state index in [4.69, 9.17) is 4.74 Å². The van der Waals surface area contributed by atoms with Gasteiger partial charge in [0, 0.05) is 30.5 Å². The first-order valence-electron chi connectivity index (χ1n) is 8.83. The van der Waals surface area contributed by atoms with Crippen LogP contribution in [0.4, 0.5) is 14.9 Å². The van der Waals surface area contributed by atoms with Crippen LogP contribution in [0.2, 0.25) is 0 Å². The molecular formula is C20H22FN3O3. The van der Waals surface area contributed by atoms with Crippen LogP contribution in [0.1, 0.15) is 18.4 Å². The van der Waals surface area contributed by atoms with Crippen LogP contribution >= 0.6 is 0 Å². The molecule has 0 saturated carbocycles. The van der Waals surface area contributed by atoms with Crippen LogP contribution < -0.4 is 5.32 Å². The number of piperidine rings is 1. The van der Waals surface area contributed by atoms with Gasteiger partial charge in [0.05, 0.1) is 19.2 Å². The molecule has 1 aliphatic heterocycles. The molecule has 3 rings (SSSR count). The van der Waals surface area contributed by atoms with E-state index in [0.717, 1.165) is 17.3 Å². The molecule has 1 aliphatic rings. The lowest BCUT2D eigenvalue weighted by atomic mass is 9.97. The molecule has 1 N–H and O–H groups in total. The van der Waals surface area contributed by atoms with Gasteiger partial charge in [0.2, 0.25) is 0 Å². The molecule has 2 heterocycles. The Morgan fingerprint density at radius 2 is 1.96 bits per heavy atom. The van der Waals surface area contributed by atoms with Gasteiger partial charge in [0.1, 0.15) is 5.82 Å². The Bertz CT molecular complexity index is 848. The predicted molar refractivity (Wildman–Crippen MR) is 99.7 cm³/mol. The van der Waals surface area contributed by atoms with Gasteiger partial charge in [0.25, 0.3) is 0 Å². The number of aryl methyl sites for hydroxylation is 1. The van der Waals surface area contributed by atoms with Crippen LogP contribution in [0.5, 0.6) is 0 Å². The fourth-order valence-corrected chi connectivity index (χ4v) is 3.26. The van der Waals surface area contributed by atoms with Gasteiger partial charge in [0.15, 0.2) is 0 Å². The van der Waals surface area contributed by atoms with Gasteiger partial charge < -0.3 is 15.0 Å². The minimum absolute atomic E-state index is 0.148. The van der Waals surface area contributed by atoms with E-state index < -0.39 is 5.82 Å². The lowest BCUT2D eigenvalue weighted by molar-refractivity contribution is -0.146. The number of ether oxygens (including phenoxy) is 1. The van der Waals surface area contributed by atoms with Gasteiger partial charge in [-0.25, -0.2) is 9.18 Å². The number of hydrogen-bond donors (Lipinski definition) is 1. The number of amides is 2. The molecule has 6 nitrogen and oxygen atoms in total. The number of rotatable bonds is 3. The number of aromatic nitrogens is 1. The maximum atomic E-state index is 13.5. The van der Waals surface area contributed by atoms with Gasteiger partial charge in [-0.15, -0.1) is 0 Å². The van der Waals surface area contributed by atoms with Crippen molar-refractivity contribution in [3.8, 4) is 11.1 Å². The molecule has 7 heteroatoms. The summed E-state index contributed by atoms with van der Waals surface area (Å²) in [5.74, 6) is -0.776. The van der Waals surface area contributed by atoms with Gasteiger partial charge in [-0.3, -0.25) is 9.78 Å². The normalized spacial score (nSPS) is 14.7. The molecule has 0 spiro atoms. The Labute approximate surface area is 157 Å². The zero-order chi connectivity index (χ0) is 19.4. The van der Waals surface area contributed by atoms with Crippen molar-refractivity contribution in [2.45, 2.75) is 19.8 Å². The fraction of sp³-hybridized carbons (Fsp3) is 0.350. The summed E-state index contributed by atoms with van der Waals surface area (Å²) in [5, 5.41) is 2.88. The molecule has 1 aromatic carbocycles. The summed E-state index contributed by atoms with van der Waals surface area (Å²) >= 11 is 0. The minimum atomic E-state index is -0.408. The van der Waals surface area contributed by atoms with Crippen molar-refractivity contribution in [3.63, 3.8) is 0 Å². The summed E-state index contributed by atoms with van der Waals surface area (Å²) in [5.41, 5.74) is 3.05. The van der Waals surface area contributed by atoms with Crippen molar-refractivity contribution < 1.29 is 18.7 Å². The average molecular weight is 371 g/mol. The molecule has 1 saturated heterocycles. The summed E-state index contributed by atoms with van der Waals surface area (Å²) in [6, 6.07) is 6.69. The van der Waals surface area contributed by atoms with E-state index in [9.17, 15) is 14.0 Å². The van der Waals surface area contributed by atoms with E-state index in [2.05, 4.69) is 10.3 Å². The predicted octanol–water partition coefficient (Wildman–Crippen LogP) is 3.61. The molecule has 0 unspecified atom stereocenters. The first-order valence-corrected chi connectivity index (χ1v) is 8.83. The number of methoxy groups -OCH3 is 1. The van der Waals surface area contributed by atoms with Crippen LogP contribution in [0.15, 0.2) is 36.7 Å². The molecular weight excluding hydrogens is 349 g/mol. The quantitative estimate of drug-likeness (QED) is 0.837. The highest BCUT2D eigenvalue weighted by Gasteiger charge is 2.27.